The number of nitrogens with zero attached hydrogens (tertiary/aromatic N) is 1. The van der Waals surface area contributed by atoms with Crippen LogP contribution in [0.3, 0.4) is 0 Å². The Bertz CT molecular complexity index is 645. The van der Waals surface area contributed by atoms with Crippen molar-refractivity contribution in [2.75, 3.05) is 0 Å². The van der Waals surface area contributed by atoms with E-state index in [9.17, 15) is 9.90 Å². The molecule has 2 rings (SSSR count). The standard InChI is InChI=1S/C15H13IN2O3/c16-13-8-12(6-7-14(13)19)9-17-18-15(20)21-10-11-4-2-1-3-5-11/h1-9,19H,10H2,(H,18,20)/b17-9+. The van der Waals surface area contributed by atoms with E-state index in [0.29, 0.717) is 3.57 Å². The van der Waals surface area contributed by atoms with Gasteiger partial charge in [-0.25, -0.2) is 10.2 Å². The van der Waals surface area contributed by atoms with Crippen molar-refractivity contribution in [3.63, 3.8) is 0 Å². The maximum Gasteiger partial charge on any atom is 0.428 e. The lowest BCUT2D eigenvalue weighted by molar-refractivity contribution is 0.140. The first-order chi connectivity index (χ1) is 10.1. The minimum absolute atomic E-state index is 0.194. The molecule has 108 valence electrons. The van der Waals surface area contributed by atoms with Crippen LogP contribution in [0.2, 0.25) is 0 Å². The molecule has 0 aliphatic rings. The lowest BCUT2D eigenvalue weighted by Gasteiger charge is -2.03. The van der Waals surface area contributed by atoms with Crippen molar-refractivity contribution in [3.05, 3.63) is 63.2 Å². The Morgan fingerprint density at radius 1 is 1.29 bits per heavy atom. The molecular weight excluding hydrogens is 383 g/mol. The predicted octanol–water partition coefficient (Wildman–Crippen LogP) is 3.26. The summed E-state index contributed by atoms with van der Waals surface area (Å²) in [6.45, 7) is 0.194. The number of carbonyl (C=O) groups excluding carboxylic acids is 1. The van der Waals surface area contributed by atoms with E-state index in [4.69, 9.17) is 4.74 Å². The van der Waals surface area contributed by atoms with E-state index in [0.717, 1.165) is 11.1 Å². The summed E-state index contributed by atoms with van der Waals surface area (Å²) in [4.78, 5) is 11.4. The van der Waals surface area contributed by atoms with Crippen LogP contribution >= 0.6 is 22.6 Å². The maximum absolute atomic E-state index is 11.4. The van der Waals surface area contributed by atoms with Gasteiger partial charge in [-0.05, 0) is 51.9 Å². The second kappa shape index (κ2) is 7.63. The van der Waals surface area contributed by atoms with E-state index in [1.54, 1.807) is 18.2 Å². The van der Waals surface area contributed by atoms with E-state index < -0.39 is 6.09 Å². The van der Waals surface area contributed by atoms with Gasteiger partial charge >= 0.3 is 6.09 Å². The molecule has 0 aliphatic heterocycles. The largest absolute Gasteiger partial charge is 0.507 e. The highest BCUT2D eigenvalue weighted by atomic mass is 127. The molecule has 6 heteroatoms. The monoisotopic (exact) mass is 396 g/mol. The first kappa shape index (κ1) is 15.3. The lowest BCUT2D eigenvalue weighted by Crippen LogP contribution is -2.18. The quantitative estimate of drug-likeness (QED) is 0.474. The third kappa shape index (κ3) is 5.07. The maximum atomic E-state index is 11.4. The van der Waals surface area contributed by atoms with Gasteiger partial charge in [-0.1, -0.05) is 30.3 Å². The summed E-state index contributed by atoms with van der Waals surface area (Å²) in [6.07, 6.45) is 0.856. The number of hydrazone groups is 1. The highest BCUT2D eigenvalue weighted by molar-refractivity contribution is 14.1. The second-order valence-electron chi connectivity index (χ2n) is 4.14. The van der Waals surface area contributed by atoms with Crippen molar-refractivity contribution in [1.29, 1.82) is 0 Å². The van der Waals surface area contributed by atoms with Gasteiger partial charge in [0, 0.05) is 0 Å². The average molecular weight is 396 g/mol. The highest BCUT2D eigenvalue weighted by Crippen LogP contribution is 2.19. The number of aromatic hydroxyl groups is 1. The number of rotatable bonds is 4. The molecule has 5 nitrogen and oxygen atoms in total. The molecule has 0 bridgehead atoms. The smallest absolute Gasteiger partial charge is 0.428 e. The van der Waals surface area contributed by atoms with E-state index in [1.165, 1.54) is 6.21 Å². The molecule has 0 spiro atoms. The van der Waals surface area contributed by atoms with Crippen LogP contribution in [0.1, 0.15) is 11.1 Å². The van der Waals surface area contributed by atoms with Crippen LogP contribution in [-0.4, -0.2) is 17.4 Å². The van der Waals surface area contributed by atoms with Crippen molar-refractivity contribution in [2.45, 2.75) is 6.61 Å². The molecule has 0 saturated heterocycles. The van der Waals surface area contributed by atoms with E-state index >= 15 is 0 Å². The third-order valence-corrected chi connectivity index (χ3v) is 3.42. The van der Waals surface area contributed by atoms with Crippen LogP contribution in [-0.2, 0) is 11.3 Å². The number of hydrogen-bond acceptors (Lipinski definition) is 4. The van der Waals surface area contributed by atoms with E-state index in [2.05, 4.69) is 10.5 Å². The first-order valence-electron chi connectivity index (χ1n) is 6.13. The van der Waals surface area contributed by atoms with Crippen molar-refractivity contribution in [1.82, 2.24) is 5.43 Å². The van der Waals surface area contributed by atoms with Crippen molar-refractivity contribution in [2.24, 2.45) is 5.10 Å². The average Bonchev–Trinajstić information content (AvgIpc) is 2.50. The summed E-state index contributed by atoms with van der Waals surface area (Å²) in [5.74, 6) is 0.211. The Labute approximate surface area is 135 Å². The molecule has 0 fully saturated rings. The molecule has 0 aliphatic carbocycles. The number of phenolic OH excluding ortho intramolecular Hbond substituents is 1. The van der Waals surface area contributed by atoms with Crippen LogP contribution < -0.4 is 5.43 Å². The molecule has 1 amide bonds. The van der Waals surface area contributed by atoms with E-state index in [-0.39, 0.29) is 12.4 Å². The minimum Gasteiger partial charge on any atom is -0.507 e. The number of ether oxygens (including phenoxy) is 1. The molecule has 0 radical (unpaired) electrons. The zero-order chi connectivity index (χ0) is 15.1. The molecule has 21 heavy (non-hydrogen) atoms. The summed E-state index contributed by atoms with van der Waals surface area (Å²) >= 11 is 2.01. The van der Waals surface area contributed by atoms with Gasteiger partial charge in [0.15, 0.2) is 0 Å². The van der Waals surface area contributed by atoms with Crippen LogP contribution in [0.15, 0.2) is 53.6 Å². The Hall–Kier alpha value is -2.09. The van der Waals surface area contributed by atoms with E-state index in [1.807, 2.05) is 52.9 Å². The zero-order valence-corrected chi connectivity index (χ0v) is 13.1. The van der Waals surface area contributed by atoms with Crippen molar-refractivity contribution < 1.29 is 14.6 Å². The molecule has 0 saturated carbocycles. The normalized spacial score (nSPS) is 10.5. The molecule has 0 atom stereocenters. The fraction of sp³-hybridized carbons (Fsp3) is 0.0667. The van der Waals surface area contributed by atoms with Gasteiger partial charge in [-0.15, -0.1) is 0 Å². The summed E-state index contributed by atoms with van der Waals surface area (Å²) in [6, 6.07) is 14.4. The van der Waals surface area contributed by atoms with Gasteiger partial charge in [0.05, 0.1) is 9.78 Å². The Kier molecular flexibility index (Phi) is 5.56. The summed E-state index contributed by atoms with van der Waals surface area (Å²) in [5.41, 5.74) is 3.95. The number of carbonyl (C=O) groups is 1. The molecule has 2 N–H and O–H groups in total. The third-order valence-electron chi connectivity index (χ3n) is 2.55. The number of amides is 1. The zero-order valence-electron chi connectivity index (χ0n) is 11.0. The van der Waals surface area contributed by atoms with Crippen LogP contribution in [0, 0.1) is 3.57 Å². The number of benzene rings is 2. The minimum atomic E-state index is -0.622. The molecule has 2 aromatic rings. The molecule has 0 unspecified atom stereocenters. The summed E-state index contributed by atoms with van der Waals surface area (Å²) < 4.78 is 5.71. The summed E-state index contributed by atoms with van der Waals surface area (Å²) in [7, 11) is 0. The number of phenols is 1. The van der Waals surface area contributed by atoms with Gasteiger partial charge < -0.3 is 9.84 Å². The lowest BCUT2D eigenvalue weighted by atomic mass is 10.2. The van der Waals surface area contributed by atoms with Crippen LogP contribution in [0.25, 0.3) is 0 Å². The van der Waals surface area contributed by atoms with Gasteiger partial charge in [-0.2, -0.15) is 5.10 Å². The predicted molar refractivity (Wildman–Crippen MR) is 88.2 cm³/mol. The first-order valence-corrected chi connectivity index (χ1v) is 7.21. The molecule has 2 aromatic carbocycles. The van der Waals surface area contributed by atoms with Crippen molar-refractivity contribution >= 4 is 34.9 Å². The van der Waals surface area contributed by atoms with Gasteiger partial charge in [-0.3, -0.25) is 0 Å². The van der Waals surface area contributed by atoms with Crippen LogP contribution in [0.5, 0.6) is 5.75 Å². The molecular formula is C15H13IN2O3. The molecule has 0 heterocycles. The SMILES string of the molecule is O=C(N/N=C/c1ccc(O)c(I)c1)OCc1ccccc1. The fourth-order valence-electron chi connectivity index (χ4n) is 1.52. The van der Waals surface area contributed by atoms with Gasteiger partial charge in [0.25, 0.3) is 0 Å². The van der Waals surface area contributed by atoms with Gasteiger partial charge in [0.1, 0.15) is 12.4 Å². The second-order valence-corrected chi connectivity index (χ2v) is 5.30. The van der Waals surface area contributed by atoms with Gasteiger partial charge in [0.2, 0.25) is 0 Å². The Morgan fingerprint density at radius 3 is 2.76 bits per heavy atom. The highest BCUT2D eigenvalue weighted by Gasteiger charge is 2.01. The Balaban J connectivity index is 1.80. The number of nitrogens with one attached hydrogen (secondary N) is 1. The number of halogens is 1. The van der Waals surface area contributed by atoms with Crippen LogP contribution in [0.4, 0.5) is 4.79 Å². The Morgan fingerprint density at radius 2 is 2.05 bits per heavy atom. The number of hydrogen-bond donors (Lipinski definition) is 2. The topological polar surface area (TPSA) is 70.9 Å². The van der Waals surface area contributed by atoms with Crippen molar-refractivity contribution in [3.8, 4) is 5.75 Å². The summed E-state index contributed by atoms with van der Waals surface area (Å²) in [5, 5.41) is 13.2. The molecule has 0 aromatic heterocycles. The fourth-order valence-corrected chi connectivity index (χ4v) is 2.06.